The second-order valence-corrected chi connectivity index (χ2v) is 12.0. The van der Waals surface area contributed by atoms with Gasteiger partial charge < -0.3 is 29.2 Å². The van der Waals surface area contributed by atoms with Crippen molar-refractivity contribution in [2.24, 2.45) is 34.0 Å². The zero-order valence-electron chi connectivity index (χ0n) is 21.0. The fourth-order valence-corrected chi connectivity index (χ4v) is 9.17. The maximum Gasteiger partial charge on any atom is 0.303 e. The lowest BCUT2D eigenvalue weighted by Gasteiger charge is -2.75. The number of fused-ring (bicyclic) bond motifs is 2. The highest BCUT2D eigenvalue weighted by Crippen LogP contribution is 2.78. The third-order valence-electron chi connectivity index (χ3n) is 9.80. The highest BCUT2D eigenvalue weighted by Gasteiger charge is 2.88. The fourth-order valence-electron chi connectivity index (χ4n) is 9.17. The number of carbonyl (C=O) groups excluding carboxylic acids is 3. The molecule has 2 spiro atoms. The second-order valence-electron chi connectivity index (χ2n) is 12.0. The van der Waals surface area contributed by atoms with E-state index in [1.165, 1.54) is 20.8 Å². The summed E-state index contributed by atoms with van der Waals surface area (Å²) in [5.41, 5.74) is -2.24. The van der Waals surface area contributed by atoms with Gasteiger partial charge in [-0.3, -0.25) is 14.4 Å². The van der Waals surface area contributed by atoms with E-state index in [-0.39, 0.29) is 17.9 Å². The standard InChI is InChI=1S/C26H36O9/c1-12-16-10-17(33-13(2)27)18-24-9-7-8-23(5,6)19(24)22(35-15(4)29)26(31,32-11-24)25(18,20(16)30)21(12)34-14(3)28/h16-22,30-31H,1,7-11H2,2-6H3/t16-,17+,18?,19?,20-,21-,22+,24-,25-,26?/m1/s1. The minimum atomic E-state index is -2.19. The van der Waals surface area contributed by atoms with Gasteiger partial charge in [0.2, 0.25) is 5.79 Å². The van der Waals surface area contributed by atoms with Crippen molar-refractivity contribution in [3.05, 3.63) is 12.2 Å². The topological polar surface area (TPSA) is 129 Å². The molecule has 2 N–H and O–H groups in total. The molecule has 0 aromatic carbocycles. The van der Waals surface area contributed by atoms with E-state index < -0.39 is 70.8 Å². The largest absolute Gasteiger partial charge is 0.462 e. The molecule has 0 amide bonds. The van der Waals surface area contributed by atoms with Crippen LogP contribution in [0.2, 0.25) is 0 Å². The van der Waals surface area contributed by atoms with Crippen LogP contribution in [0.4, 0.5) is 0 Å². The molecule has 0 aromatic rings. The molecular weight excluding hydrogens is 456 g/mol. The first-order valence-corrected chi connectivity index (χ1v) is 12.5. The van der Waals surface area contributed by atoms with Gasteiger partial charge in [-0.25, -0.2) is 0 Å². The zero-order chi connectivity index (χ0) is 25.7. The molecule has 35 heavy (non-hydrogen) atoms. The highest BCUT2D eigenvalue weighted by atomic mass is 16.7. The van der Waals surface area contributed by atoms with E-state index in [1.54, 1.807) is 0 Å². The summed E-state index contributed by atoms with van der Waals surface area (Å²) in [4.78, 5) is 36.9. The third-order valence-corrected chi connectivity index (χ3v) is 9.80. The molecule has 6 aliphatic rings. The van der Waals surface area contributed by atoms with Crippen molar-refractivity contribution in [2.75, 3.05) is 6.61 Å². The summed E-state index contributed by atoms with van der Waals surface area (Å²) in [6, 6.07) is 0. The lowest BCUT2D eigenvalue weighted by molar-refractivity contribution is -0.474. The molecule has 2 heterocycles. The van der Waals surface area contributed by atoms with E-state index in [0.717, 1.165) is 12.8 Å². The summed E-state index contributed by atoms with van der Waals surface area (Å²) in [5, 5.41) is 24.4. The second kappa shape index (κ2) is 7.52. The maximum atomic E-state index is 12.6. The normalized spacial score (nSPS) is 49.0. The SMILES string of the molecule is C=C1[C@H]2C[C@H](OC(C)=O)C3[C@]45CCCC(C)(C)C4[C@H](OC(C)=O)C(O)(OC5)[C@@]3([C@@H]1OC(C)=O)[C@@H]2O. The third kappa shape index (κ3) is 2.89. The number of aliphatic hydroxyl groups is 2. The van der Waals surface area contributed by atoms with Crippen molar-refractivity contribution < 1.29 is 43.5 Å². The molecule has 2 aliphatic heterocycles. The first kappa shape index (κ1) is 24.7. The smallest absolute Gasteiger partial charge is 0.303 e. The van der Waals surface area contributed by atoms with Gasteiger partial charge in [0.05, 0.1) is 12.7 Å². The Balaban J connectivity index is 1.83. The summed E-state index contributed by atoms with van der Waals surface area (Å²) in [7, 11) is 0. The predicted molar refractivity (Wildman–Crippen MR) is 120 cm³/mol. The van der Waals surface area contributed by atoms with Crippen LogP contribution in [0, 0.1) is 34.0 Å². The summed E-state index contributed by atoms with van der Waals surface area (Å²) in [6.45, 7) is 12.4. The quantitative estimate of drug-likeness (QED) is 0.345. The van der Waals surface area contributed by atoms with E-state index >= 15 is 0 Å². The van der Waals surface area contributed by atoms with Crippen molar-refractivity contribution in [1.82, 2.24) is 0 Å². The lowest BCUT2D eigenvalue weighted by atomic mass is 9.35. The van der Waals surface area contributed by atoms with Crippen LogP contribution in [0.15, 0.2) is 12.2 Å². The number of hydrogen-bond donors (Lipinski definition) is 2. The number of hydrogen-bond acceptors (Lipinski definition) is 9. The molecule has 0 radical (unpaired) electrons. The van der Waals surface area contributed by atoms with E-state index in [4.69, 9.17) is 18.9 Å². The monoisotopic (exact) mass is 492 g/mol. The Labute approximate surface area is 205 Å². The van der Waals surface area contributed by atoms with Gasteiger partial charge in [-0.1, -0.05) is 26.8 Å². The molecule has 4 bridgehead atoms. The Hall–Kier alpha value is -1.97. The van der Waals surface area contributed by atoms with Gasteiger partial charge in [-0.2, -0.15) is 0 Å². The molecule has 0 aromatic heterocycles. The molecule has 6 rings (SSSR count). The molecule has 4 aliphatic carbocycles. The Morgan fingerprint density at radius 2 is 1.63 bits per heavy atom. The van der Waals surface area contributed by atoms with Crippen molar-refractivity contribution in [3.63, 3.8) is 0 Å². The predicted octanol–water partition coefficient (Wildman–Crippen LogP) is 1.88. The van der Waals surface area contributed by atoms with E-state index in [0.29, 0.717) is 18.4 Å². The van der Waals surface area contributed by atoms with Gasteiger partial charge in [0, 0.05) is 43.9 Å². The molecular formula is C26H36O9. The van der Waals surface area contributed by atoms with Crippen LogP contribution in [0.3, 0.4) is 0 Å². The number of rotatable bonds is 3. The number of esters is 3. The van der Waals surface area contributed by atoms with Crippen molar-refractivity contribution in [1.29, 1.82) is 0 Å². The molecule has 194 valence electrons. The Bertz CT molecular complexity index is 989. The van der Waals surface area contributed by atoms with Gasteiger partial charge in [0.25, 0.3) is 0 Å². The van der Waals surface area contributed by atoms with Gasteiger partial charge in [-0.15, -0.1) is 0 Å². The Morgan fingerprint density at radius 3 is 2.23 bits per heavy atom. The maximum absolute atomic E-state index is 12.6. The number of ether oxygens (including phenoxy) is 4. The Kier molecular flexibility index (Phi) is 5.31. The van der Waals surface area contributed by atoms with Gasteiger partial charge in [0.15, 0.2) is 6.10 Å². The van der Waals surface area contributed by atoms with Crippen LogP contribution < -0.4 is 0 Å². The van der Waals surface area contributed by atoms with Gasteiger partial charge in [0.1, 0.15) is 17.6 Å². The molecule has 9 heteroatoms. The molecule has 3 unspecified atom stereocenters. The fraction of sp³-hybridized carbons (Fsp3) is 0.808. The highest BCUT2D eigenvalue weighted by molar-refractivity contribution is 5.68. The van der Waals surface area contributed by atoms with Crippen LogP contribution in [-0.4, -0.2) is 64.9 Å². The van der Waals surface area contributed by atoms with Crippen LogP contribution in [0.25, 0.3) is 0 Å². The van der Waals surface area contributed by atoms with Gasteiger partial charge >= 0.3 is 17.9 Å². The average Bonchev–Trinajstić information content (AvgIpc) is 2.84. The Morgan fingerprint density at radius 1 is 1.00 bits per heavy atom. The van der Waals surface area contributed by atoms with E-state index in [9.17, 15) is 24.6 Å². The van der Waals surface area contributed by atoms with Crippen LogP contribution in [-0.2, 0) is 33.3 Å². The minimum absolute atomic E-state index is 0.149. The molecule has 6 fully saturated rings. The molecule has 4 saturated carbocycles. The molecule has 9 nitrogen and oxygen atoms in total. The molecule has 10 atom stereocenters. The van der Waals surface area contributed by atoms with Gasteiger partial charge in [-0.05, 0) is 30.3 Å². The summed E-state index contributed by atoms with van der Waals surface area (Å²) >= 11 is 0. The minimum Gasteiger partial charge on any atom is -0.462 e. The van der Waals surface area contributed by atoms with Crippen LogP contribution >= 0.6 is 0 Å². The summed E-state index contributed by atoms with van der Waals surface area (Å²) < 4.78 is 23.8. The summed E-state index contributed by atoms with van der Waals surface area (Å²) in [5.74, 6) is -5.38. The van der Waals surface area contributed by atoms with Crippen molar-refractivity contribution in [3.8, 4) is 0 Å². The summed E-state index contributed by atoms with van der Waals surface area (Å²) in [6.07, 6.45) is -1.44. The van der Waals surface area contributed by atoms with E-state index in [1.807, 2.05) is 0 Å². The first-order chi connectivity index (χ1) is 16.2. The number of aliphatic hydroxyl groups excluding tert-OH is 1. The van der Waals surface area contributed by atoms with Crippen LogP contribution in [0.1, 0.15) is 60.3 Å². The first-order valence-electron chi connectivity index (χ1n) is 12.5. The van der Waals surface area contributed by atoms with Crippen molar-refractivity contribution >= 4 is 17.9 Å². The van der Waals surface area contributed by atoms with Crippen molar-refractivity contribution in [2.45, 2.75) is 90.5 Å². The zero-order valence-corrected chi connectivity index (χ0v) is 21.0. The van der Waals surface area contributed by atoms with Crippen LogP contribution in [0.5, 0.6) is 0 Å². The average molecular weight is 493 g/mol. The van der Waals surface area contributed by atoms with E-state index in [2.05, 4.69) is 20.4 Å². The molecule has 2 saturated heterocycles. The lowest BCUT2D eigenvalue weighted by Crippen LogP contribution is -2.86. The number of carbonyl (C=O) groups is 3.